The van der Waals surface area contributed by atoms with Crippen LogP contribution in [0.1, 0.15) is 0 Å². The lowest BCUT2D eigenvalue weighted by atomic mass is 10.0. The van der Waals surface area contributed by atoms with Crippen molar-refractivity contribution in [3.05, 3.63) is 48.5 Å². The van der Waals surface area contributed by atoms with E-state index in [0.29, 0.717) is 5.39 Å². The van der Waals surface area contributed by atoms with Crippen molar-refractivity contribution in [2.24, 2.45) is 0 Å². The Bertz CT molecular complexity index is 687. The predicted octanol–water partition coefficient (Wildman–Crippen LogP) is 3.20. The molecule has 2 heteroatoms. The minimum absolute atomic E-state index is 0.0782. The molecule has 0 fully saturated rings. The first kappa shape index (κ1) is 9.04. The Morgan fingerprint density at radius 3 is 2.62 bits per heavy atom. The summed E-state index contributed by atoms with van der Waals surface area (Å²) in [6.07, 6.45) is 0. The van der Waals surface area contributed by atoms with Gasteiger partial charge in [-0.1, -0.05) is 36.4 Å². The molecule has 2 N–H and O–H groups in total. The van der Waals surface area contributed by atoms with Crippen molar-refractivity contribution in [1.29, 1.82) is 0 Å². The van der Waals surface area contributed by atoms with Crippen molar-refractivity contribution < 1.29 is 10.2 Å². The van der Waals surface area contributed by atoms with Crippen molar-refractivity contribution in [3.63, 3.8) is 0 Å². The Labute approximate surface area is 92.4 Å². The number of phenols is 2. The minimum atomic E-state index is -0.135. The smallest absolute Gasteiger partial charge is 0.166 e. The van der Waals surface area contributed by atoms with Gasteiger partial charge in [0.2, 0.25) is 0 Å². The molecule has 0 spiro atoms. The molecule has 0 saturated carbocycles. The molecule has 3 aromatic carbocycles. The predicted molar refractivity (Wildman–Crippen MR) is 63.6 cm³/mol. The van der Waals surface area contributed by atoms with Crippen molar-refractivity contribution in [2.45, 2.75) is 0 Å². The largest absolute Gasteiger partial charge is 0.504 e. The van der Waals surface area contributed by atoms with E-state index in [1.165, 1.54) is 6.07 Å². The van der Waals surface area contributed by atoms with Crippen LogP contribution in [0.3, 0.4) is 0 Å². The van der Waals surface area contributed by atoms with Gasteiger partial charge < -0.3 is 10.2 Å². The monoisotopic (exact) mass is 209 g/mol. The van der Waals surface area contributed by atoms with E-state index >= 15 is 0 Å². The highest BCUT2D eigenvalue weighted by Gasteiger charge is 2.08. The number of phenolic OH excluding ortho intramolecular Hbond substituents is 2. The highest BCUT2D eigenvalue weighted by Crippen LogP contribution is 2.37. The average molecular weight is 209 g/mol. The van der Waals surface area contributed by atoms with Crippen LogP contribution < -0.4 is 0 Å². The molecule has 3 aromatic rings. The molecule has 77 valence electrons. The van der Waals surface area contributed by atoms with Crippen LogP contribution >= 0.6 is 0 Å². The lowest BCUT2D eigenvalue weighted by Crippen LogP contribution is -1.79. The molecule has 0 aliphatic carbocycles. The number of hydrogen-bond donors (Lipinski definition) is 2. The fourth-order valence-electron chi connectivity index (χ4n) is 1.99. The summed E-state index contributed by atoms with van der Waals surface area (Å²) < 4.78 is 0. The van der Waals surface area contributed by atoms with Crippen LogP contribution in [-0.4, -0.2) is 10.2 Å². The first-order valence-corrected chi connectivity index (χ1v) is 5.01. The number of fused-ring (bicyclic) bond motifs is 3. The van der Waals surface area contributed by atoms with E-state index < -0.39 is 0 Å². The van der Waals surface area contributed by atoms with Gasteiger partial charge in [0.15, 0.2) is 11.5 Å². The SMILES string of the molecule is Oc1c[c]c2ccc3ccccc3c2c1O. The first-order chi connectivity index (χ1) is 7.77. The zero-order valence-corrected chi connectivity index (χ0v) is 8.44. The van der Waals surface area contributed by atoms with E-state index in [0.717, 1.165) is 16.2 Å². The molecule has 0 saturated heterocycles. The van der Waals surface area contributed by atoms with Gasteiger partial charge in [-0.2, -0.15) is 0 Å². The van der Waals surface area contributed by atoms with E-state index in [9.17, 15) is 10.2 Å². The number of rotatable bonds is 0. The molecule has 0 aliphatic heterocycles. The zero-order chi connectivity index (χ0) is 11.1. The molecule has 0 aliphatic rings. The van der Waals surface area contributed by atoms with E-state index in [4.69, 9.17) is 0 Å². The molecule has 0 aromatic heterocycles. The molecule has 3 rings (SSSR count). The van der Waals surface area contributed by atoms with Gasteiger partial charge in [0.1, 0.15) is 0 Å². The van der Waals surface area contributed by atoms with Crippen molar-refractivity contribution >= 4 is 21.5 Å². The van der Waals surface area contributed by atoms with Crippen LogP contribution in [0.2, 0.25) is 0 Å². The third-order valence-electron chi connectivity index (χ3n) is 2.77. The second-order valence-electron chi connectivity index (χ2n) is 3.73. The average Bonchev–Trinajstić information content (AvgIpc) is 2.33. The summed E-state index contributed by atoms with van der Waals surface area (Å²) >= 11 is 0. The molecule has 0 unspecified atom stereocenters. The molecule has 0 bridgehead atoms. The van der Waals surface area contributed by atoms with Gasteiger partial charge in [-0.15, -0.1) is 0 Å². The van der Waals surface area contributed by atoms with Crippen LogP contribution in [0.25, 0.3) is 21.5 Å². The second-order valence-corrected chi connectivity index (χ2v) is 3.73. The number of hydrogen-bond acceptors (Lipinski definition) is 2. The van der Waals surface area contributed by atoms with E-state index in [2.05, 4.69) is 6.07 Å². The van der Waals surface area contributed by atoms with Crippen molar-refractivity contribution in [1.82, 2.24) is 0 Å². The van der Waals surface area contributed by atoms with Crippen LogP contribution in [-0.2, 0) is 0 Å². The third kappa shape index (κ3) is 1.13. The van der Waals surface area contributed by atoms with Gasteiger partial charge in [0.05, 0.1) is 0 Å². The van der Waals surface area contributed by atoms with E-state index in [1.54, 1.807) is 0 Å². The Morgan fingerprint density at radius 1 is 0.938 bits per heavy atom. The van der Waals surface area contributed by atoms with Crippen molar-refractivity contribution in [2.75, 3.05) is 0 Å². The van der Waals surface area contributed by atoms with Crippen LogP contribution in [0.15, 0.2) is 42.5 Å². The van der Waals surface area contributed by atoms with Crippen LogP contribution in [0.5, 0.6) is 11.5 Å². The van der Waals surface area contributed by atoms with Gasteiger partial charge in [-0.05, 0) is 28.3 Å². The number of aromatic hydroxyl groups is 2. The van der Waals surface area contributed by atoms with Gasteiger partial charge in [-0.3, -0.25) is 0 Å². The quantitative estimate of drug-likeness (QED) is 0.441. The summed E-state index contributed by atoms with van der Waals surface area (Å²) in [6, 6.07) is 15.9. The highest BCUT2D eigenvalue weighted by molar-refractivity contribution is 6.11. The highest BCUT2D eigenvalue weighted by atomic mass is 16.3. The molecule has 16 heavy (non-hydrogen) atoms. The summed E-state index contributed by atoms with van der Waals surface area (Å²) in [5.41, 5.74) is 0. The molecule has 1 radical (unpaired) electrons. The molecule has 0 heterocycles. The first-order valence-electron chi connectivity index (χ1n) is 5.01. The van der Waals surface area contributed by atoms with Crippen molar-refractivity contribution in [3.8, 4) is 11.5 Å². The summed E-state index contributed by atoms with van der Waals surface area (Å²) in [5.74, 6) is -0.214. The van der Waals surface area contributed by atoms with Gasteiger partial charge >= 0.3 is 0 Å². The maximum atomic E-state index is 9.89. The van der Waals surface area contributed by atoms with Crippen LogP contribution in [0, 0.1) is 6.07 Å². The summed E-state index contributed by atoms with van der Waals surface area (Å²) in [6.45, 7) is 0. The lowest BCUT2D eigenvalue weighted by molar-refractivity contribution is 0.408. The van der Waals surface area contributed by atoms with Gasteiger partial charge in [0.25, 0.3) is 0 Å². The third-order valence-corrected chi connectivity index (χ3v) is 2.77. The standard InChI is InChI=1S/C14H9O2/c15-12-8-7-10-6-5-9-3-1-2-4-11(9)13(10)14(12)16/h1-6,8,15-16H. The van der Waals surface area contributed by atoms with E-state index in [-0.39, 0.29) is 11.5 Å². The zero-order valence-electron chi connectivity index (χ0n) is 8.44. The maximum absolute atomic E-state index is 9.89. The Kier molecular flexibility index (Phi) is 1.77. The maximum Gasteiger partial charge on any atom is 0.166 e. The molecule has 0 atom stereocenters. The second kappa shape index (κ2) is 3.14. The summed E-state index contributed by atoms with van der Waals surface area (Å²) in [7, 11) is 0. The molecule has 2 nitrogen and oxygen atoms in total. The fraction of sp³-hybridized carbons (Fsp3) is 0. The lowest BCUT2D eigenvalue weighted by Gasteiger charge is -2.06. The fourth-order valence-corrected chi connectivity index (χ4v) is 1.99. The summed E-state index contributed by atoms with van der Waals surface area (Å²) in [4.78, 5) is 0. The molecule has 0 amide bonds. The van der Waals surface area contributed by atoms with Crippen LogP contribution in [0.4, 0.5) is 0 Å². The van der Waals surface area contributed by atoms with E-state index in [1.807, 2.05) is 36.4 Å². The summed E-state index contributed by atoms with van der Waals surface area (Å²) in [5, 5.41) is 22.8. The number of benzene rings is 3. The molecular formula is C14H9O2. The Hall–Kier alpha value is -2.22. The Morgan fingerprint density at radius 2 is 1.75 bits per heavy atom. The van der Waals surface area contributed by atoms with Gasteiger partial charge in [-0.25, -0.2) is 0 Å². The minimum Gasteiger partial charge on any atom is -0.504 e. The normalized spacial score (nSPS) is 11.0. The molecular weight excluding hydrogens is 200 g/mol. The topological polar surface area (TPSA) is 40.5 Å². The van der Waals surface area contributed by atoms with Gasteiger partial charge in [0, 0.05) is 5.39 Å². The Balaban J connectivity index is 2.63.